The van der Waals surface area contributed by atoms with E-state index in [1.807, 2.05) is 60.7 Å². The van der Waals surface area contributed by atoms with Gasteiger partial charge >= 0.3 is 0 Å². The summed E-state index contributed by atoms with van der Waals surface area (Å²) in [4.78, 5) is 20.4. The van der Waals surface area contributed by atoms with Gasteiger partial charge in [0.05, 0.1) is 5.56 Å². The molecule has 2 aromatic carbocycles. The Kier molecular flexibility index (Phi) is 5.14. The zero-order chi connectivity index (χ0) is 16.6. The van der Waals surface area contributed by atoms with Crippen LogP contribution in [0.15, 0.2) is 73.1 Å². The third-order valence-corrected chi connectivity index (χ3v) is 3.49. The summed E-state index contributed by atoms with van der Waals surface area (Å²) >= 11 is 0. The number of carbonyl (C=O) groups excluding carboxylic acids is 1. The Morgan fingerprint density at radius 2 is 1.50 bits per heavy atom. The van der Waals surface area contributed by atoms with Crippen LogP contribution in [-0.4, -0.2) is 22.4 Å². The number of amides is 1. The second-order valence-corrected chi connectivity index (χ2v) is 5.28. The number of carbonyl (C=O) groups is 1. The van der Waals surface area contributed by atoms with Crippen LogP contribution in [0.5, 0.6) is 0 Å². The normalized spacial score (nSPS) is 10.2. The molecule has 0 aliphatic rings. The van der Waals surface area contributed by atoms with E-state index in [9.17, 15) is 4.79 Å². The van der Waals surface area contributed by atoms with Crippen molar-refractivity contribution < 1.29 is 4.79 Å². The van der Waals surface area contributed by atoms with Crippen LogP contribution in [0.2, 0.25) is 0 Å². The molecule has 0 saturated carbocycles. The molecule has 1 heterocycles. The summed E-state index contributed by atoms with van der Waals surface area (Å²) in [6.07, 6.45) is 3.84. The van der Waals surface area contributed by atoms with Gasteiger partial charge in [0.2, 0.25) is 5.95 Å². The molecule has 0 unspecified atom stereocenters. The number of aromatic nitrogens is 2. The predicted molar refractivity (Wildman–Crippen MR) is 94.2 cm³/mol. The van der Waals surface area contributed by atoms with Gasteiger partial charge < -0.3 is 10.6 Å². The van der Waals surface area contributed by atoms with Gasteiger partial charge in [0.15, 0.2) is 0 Å². The van der Waals surface area contributed by atoms with E-state index in [-0.39, 0.29) is 5.91 Å². The van der Waals surface area contributed by atoms with Crippen LogP contribution in [-0.2, 0) is 6.42 Å². The second-order valence-electron chi connectivity index (χ2n) is 5.28. The number of rotatable bonds is 6. The van der Waals surface area contributed by atoms with Gasteiger partial charge in [-0.3, -0.25) is 4.79 Å². The predicted octanol–water partition coefficient (Wildman–Crippen LogP) is 3.19. The fourth-order valence-electron chi connectivity index (χ4n) is 2.23. The molecule has 0 radical (unpaired) electrons. The number of hydrogen-bond donors (Lipinski definition) is 2. The first-order valence-electron chi connectivity index (χ1n) is 7.77. The lowest BCUT2D eigenvalue weighted by atomic mass is 10.1. The Morgan fingerprint density at radius 1 is 0.875 bits per heavy atom. The number of nitrogens with zero attached hydrogens (tertiary/aromatic N) is 2. The topological polar surface area (TPSA) is 66.9 Å². The Morgan fingerprint density at radius 3 is 2.17 bits per heavy atom. The second kappa shape index (κ2) is 7.87. The molecule has 5 nitrogen and oxygen atoms in total. The van der Waals surface area contributed by atoms with E-state index in [2.05, 4.69) is 20.6 Å². The molecule has 5 heteroatoms. The van der Waals surface area contributed by atoms with Gasteiger partial charge in [0, 0.05) is 24.6 Å². The molecule has 0 bridgehead atoms. The van der Waals surface area contributed by atoms with Crippen molar-refractivity contribution in [3.8, 4) is 0 Å². The summed E-state index contributed by atoms with van der Waals surface area (Å²) < 4.78 is 0. The van der Waals surface area contributed by atoms with Crippen molar-refractivity contribution in [1.82, 2.24) is 15.3 Å². The van der Waals surface area contributed by atoms with Gasteiger partial charge in [-0.05, 0) is 24.1 Å². The lowest BCUT2D eigenvalue weighted by molar-refractivity contribution is 0.0953. The summed E-state index contributed by atoms with van der Waals surface area (Å²) in [5, 5.41) is 5.96. The number of anilines is 2. The molecular weight excluding hydrogens is 300 g/mol. The molecule has 0 atom stereocenters. The average molecular weight is 318 g/mol. The van der Waals surface area contributed by atoms with Gasteiger partial charge in [-0.2, -0.15) is 0 Å². The number of nitrogens with one attached hydrogen (secondary N) is 2. The van der Waals surface area contributed by atoms with E-state index in [1.165, 1.54) is 18.0 Å². The van der Waals surface area contributed by atoms with Crippen molar-refractivity contribution in [1.29, 1.82) is 0 Å². The Labute approximate surface area is 140 Å². The van der Waals surface area contributed by atoms with Crippen molar-refractivity contribution in [3.05, 3.63) is 84.2 Å². The van der Waals surface area contributed by atoms with Crippen molar-refractivity contribution in [2.75, 3.05) is 11.9 Å². The molecule has 24 heavy (non-hydrogen) atoms. The third kappa shape index (κ3) is 4.39. The van der Waals surface area contributed by atoms with Crippen molar-refractivity contribution in [2.24, 2.45) is 0 Å². The van der Waals surface area contributed by atoms with E-state index in [0.29, 0.717) is 18.1 Å². The van der Waals surface area contributed by atoms with Crippen LogP contribution in [0.3, 0.4) is 0 Å². The van der Waals surface area contributed by atoms with Crippen molar-refractivity contribution in [2.45, 2.75) is 6.42 Å². The van der Waals surface area contributed by atoms with Crippen LogP contribution in [0.25, 0.3) is 0 Å². The molecule has 120 valence electrons. The van der Waals surface area contributed by atoms with E-state index in [1.54, 1.807) is 0 Å². The standard InChI is InChI=1S/C19H18N4O/c24-18(20-12-11-15-7-3-1-4-8-15)16-13-21-19(22-14-16)23-17-9-5-2-6-10-17/h1-10,13-14H,11-12H2,(H,20,24)(H,21,22,23). The molecule has 1 aromatic heterocycles. The molecule has 0 fully saturated rings. The SMILES string of the molecule is O=C(NCCc1ccccc1)c1cnc(Nc2ccccc2)nc1. The Bertz CT molecular complexity index is 773. The summed E-state index contributed by atoms with van der Waals surface area (Å²) in [7, 11) is 0. The zero-order valence-electron chi connectivity index (χ0n) is 13.1. The maximum Gasteiger partial charge on any atom is 0.254 e. The minimum Gasteiger partial charge on any atom is -0.352 e. The molecule has 0 spiro atoms. The lowest BCUT2D eigenvalue weighted by Crippen LogP contribution is -2.26. The Balaban J connectivity index is 1.52. The van der Waals surface area contributed by atoms with Crippen LogP contribution in [0, 0.1) is 0 Å². The third-order valence-electron chi connectivity index (χ3n) is 3.49. The summed E-state index contributed by atoms with van der Waals surface area (Å²) in [6, 6.07) is 19.7. The minimum atomic E-state index is -0.169. The van der Waals surface area contributed by atoms with Crippen LogP contribution in [0.4, 0.5) is 11.6 Å². The highest BCUT2D eigenvalue weighted by Gasteiger charge is 2.06. The monoisotopic (exact) mass is 318 g/mol. The molecular formula is C19H18N4O. The van der Waals surface area contributed by atoms with Gasteiger partial charge in [-0.15, -0.1) is 0 Å². The highest BCUT2D eigenvalue weighted by atomic mass is 16.1. The molecule has 0 aliphatic heterocycles. The summed E-state index contributed by atoms with van der Waals surface area (Å²) in [6.45, 7) is 0.576. The van der Waals surface area contributed by atoms with Gasteiger partial charge in [0.25, 0.3) is 5.91 Å². The maximum atomic E-state index is 12.1. The smallest absolute Gasteiger partial charge is 0.254 e. The van der Waals surface area contributed by atoms with E-state index in [4.69, 9.17) is 0 Å². The largest absolute Gasteiger partial charge is 0.352 e. The molecule has 3 rings (SSSR count). The van der Waals surface area contributed by atoms with Crippen molar-refractivity contribution >= 4 is 17.5 Å². The van der Waals surface area contributed by atoms with E-state index in [0.717, 1.165) is 12.1 Å². The summed E-state index contributed by atoms with van der Waals surface area (Å²) in [5.41, 5.74) is 2.54. The first-order chi connectivity index (χ1) is 11.8. The van der Waals surface area contributed by atoms with Crippen LogP contribution >= 0.6 is 0 Å². The quantitative estimate of drug-likeness (QED) is 0.732. The van der Waals surface area contributed by atoms with Gasteiger partial charge in [-0.1, -0.05) is 48.5 Å². The van der Waals surface area contributed by atoms with Crippen molar-refractivity contribution in [3.63, 3.8) is 0 Å². The average Bonchev–Trinajstić information content (AvgIpc) is 2.64. The summed E-state index contributed by atoms with van der Waals surface area (Å²) in [5.74, 6) is 0.291. The Hall–Kier alpha value is -3.21. The van der Waals surface area contributed by atoms with Gasteiger partial charge in [-0.25, -0.2) is 9.97 Å². The van der Waals surface area contributed by atoms with E-state index >= 15 is 0 Å². The van der Waals surface area contributed by atoms with E-state index < -0.39 is 0 Å². The maximum absolute atomic E-state index is 12.1. The molecule has 0 aliphatic carbocycles. The highest BCUT2D eigenvalue weighted by molar-refractivity contribution is 5.93. The number of hydrogen-bond acceptors (Lipinski definition) is 4. The molecule has 1 amide bonds. The van der Waals surface area contributed by atoms with Gasteiger partial charge in [0.1, 0.15) is 0 Å². The van der Waals surface area contributed by atoms with Crippen LogP contribution in [0.1, 0.15) is 15.9 Å². The lowest BCUT2D eigenvalue weighted by Gasteiger charge is -2.07. The highest BCUT2D eigenvalue weighted by Crippen LogP contribution is 2.11. The number of benzene rings is 2. The zero-order valence-corrected chi connectivity index (χ0v) is 13.1. The first-order valence-corrected chi connectivity index (χ1v) is 7.77. The fourth-order valence-corrected chi connectivity index (χ4v) is 2.23. The number of para-hydroxylation sites is 1. The fraction of sp³-hybridized carbons (Fsp3) is 0.105. The molecule has 2 N–H and O–H groups in total. The minimum absolute atomic E-state index is 0.169. The molecule has 3 aromatic rings. The molecule has 0 saturated heterocycles. The van der Waals surface area contributed by atoms with Crippen LogP contribution < -0.4 is 10.6 Å². The first kappa shape index (κ1) is 15.7.